The second kappa shape index (κ2) is 5.08. The number of anilines is 2. The third-order valence-electron chi connectivity index (χ3n) is 2.16. The number of benzene rings is 1. The van der Waals surface area contributed by atoms with E-state index in [-0.39, 0.29) is 11.4 Å². The Morgan fingerprint density at radius 1 is 1.35 bits per heavy atom. The van der Waals surface area contributed by atoms with Crippen LogP contribution in [0.2, 0.25) is 0 Å². The first kappa shape index (κ1) is 13.4. The Balaban J connectivity index is 2.98. The average Bonchev–Trinajstić information content (AvgIpc) is 2.19. The minimum absolute atomic E-state index is 0.0792. The molecule has 1 amide bonds. The van der Waals surface area contributed by atoms with Crippen LogP contribution in [-0.4, -0.2) is 18.0 Å². The van der Waals surface area contributed by atoms with Crippen LogP contribution in [0.25, 0.3) is 0 Å². The molecule has 4 nitrogen and oxygen atoms in total. The first-order chi connectivity index (χ1) is 7.83. The van der Waals surface area contributed by atoms with Gasteiger partial charge in [-0.05, 0) is 45.9 Å². The molecule has 0 bridgehead atoms. The minimum atomic E-state index is -0.0893. The van der Waals surface area contributed by atoms with Gasteiger partial charge in [0.15, 0.2) is 0 Å². The summed E-state index contributed by atoms with van der Waals surface area (Å²) in [5.74, 6) is -0.0792. The number of nitrogen functional groups attached to an aromatic ring is 1. The molecule has 4 N–H and O–H groups in total. The van der Waals surface area contributed by atoms with Crippen LogP contribution in [0.15, 0.2) is 18.2 Å². The molecule has 1 rings (SSSR count). The number of carbonyl (C=O) groups excluding carboxylic acids is 1. The van der Waals surface area contributed by atoms with E-state index in [0.717, 1.165) is 5.69 Å². The zero-order valence-corrected chi connectivity index (χ0v) is 10.9. The number of nitrogens with two attached hydrogens (primary N) is 1. The molecule has 0 fully saturated rings. The van der Waals surface area contributed by atoms with E-state index in [1.54, 1.807) is 18.2 Å². The molecule has 94 valence electrons. The molecule has 0 unspecified atom stereocenters. The first-order valence-electron chi connectivity index (χ1n) is 5.79. The third kappa shape index (κ3) is 3.98. The van der Waals surface area contributed by atoms with Crippen molar-refractivity contribution in [2.24, 2.45) is 0 Å². The standard InChI is InChI=1S/C13H21N3O/c1-5-15-12(17)9-6-7-10(14)11(8-9)16-13(2,3)4/h6-8,16H,5,14H2,1-4H3,(H,15,17). The maximum Gasteiger partial charge on any atom is 0.251 e. The van der Waals surface area contributed by atoms with Crippen molar-refractivity contribution in [2.75, 3.05) is 17.6 Å². The van der Waals surface area contributed by atoms with E-state index in [1.165, 1.54) is 0 Å². The molecule has 0 saturated heterocycles. The Morgan fingerprint density at radius 2 is 2.00 bits per heavy atom. The SMILES string of the molecule is CCNC(=O)c1ccc(N)c(NC(C)(C)C)c1. The maximum atomic E-state index is 11.7. The van der Waals surface area contributed by atoms with Gasteiger partial charge in [-0.15, -0.1) is 0 Å². The van der Waals surface area contributed by atoms with Crippen molar-refractivity contribution in [1.29, 1.82) is 0 Å². The summed E-state index contributed by atoms with van der Waals surface area (Å²) >= 11 is 0. The second-order valence-corrected chi connectivity index (χ2v) is 5.04. The summed E-state index contributed by atoms with van der Waals surface area (Å²) in [5, 5.41) is 6.05. The van der Waals surface area contributed by atoms with Gasteiger partial charge >= 0.3 is 0 Å². The Bertz CT molecular complexity index is 408. The highest BCUT2D eigenvalue weighted by Gasteiger charge is 2.13. The molecule has 0 aliphatic rings. The zero-order valence-electron chi connectivity index (χ0n) is 10.9. The fraction of sp³-hybridized carbons (Fsp3) is 0.462. The fourth-order valence-electron chi connectivity index (χ4n) is 1.47. The smallest absolute Gasteiger partial charge is 0.251 e. The molecular formula is C13H21N3O. The topological polar surface area (TPSA) is 67.2 Å². The molecule has 1 aromatic carbocycles. The molecule has 17 heavy (non-hydrogen) atoms. The van der Waals surface area contributed by atoms with Crippen LogP contribution in [0.5, 0.6) is 0 Å². The Kier molecular flexibility index (Phi) is 3.99. The van der Waals surface area contributed by atoms with Crippen LogP contribution in [0.4, 0.5) is 11.4 Å². The third-order valence-corrected chi connectivity index (χ3v) is 2.16. The summed E-state index contributed by atoms with van der Waals surface area (Å²) < 4.78 is 0. The van der Waals surface area contributed by atoms with Gasteiger partial charge < -0.3 is 16.4 Å². The normalized spacial score (nSPS) is 11.1. The van der Waals surface area contributed by atoms with E-state index in [1.807, 2.05) is 27.7 Å². The molecule has 0 spiro atoms. The molecular weight excluding hydrogens is 214 g/mol. The lowest BCUT2D eigenvalue weighted by atomic mass is 10.1. The summed E-state index contributed by atoms with van der Waals surface area (Å²) in [6, 6.07) is 5.26. The van der Waals surface area contributed by atoms with Gasteiger partial charge in [-0.1, -0.05) is 0 Å². The van der Waals surface area contributed by atoms with Crippen LogP contribution < -0.4 is 16.4 Å². The van der Waals surface area contributed by atoms with Crippen LogP contribution in [0.1, 0.15) is 38.1 Å². The van der Waals surface area contributed by atoms with Gasteiger partial charge in [0.25, 0.3) is 5.91 Å². The largest absolute Gasteiger partial charge is 0.397 e. The van der Waals surface area contributed by atoms with E-state index in [9.17, 15) is 4.79 Å². The average molecular weight is 235 g/mol. The maximum absolute atomic E-state index is 11.7. The monoisotopic (exact) mass is 235 g/mol. The number of nitrogens with one attached hydrogen (secondary N) is 2. The van der Waals surface area contributed by atoms with Crippen LogP contribution >= 0.6 is 0 Å². The van der Waals surface area contributed by atoms with Crippen molar-refractivity contribution in [3.8, 4) is 0 Å². The highest BCUT2D eigenvalue weighted by atomic mass is 16.1. The Labute approximate surface area is 103 Å². The molecule has 4 heteroatoms. The molecule has 0 aliphatic carbocycles. The van der Waals surface area contributed by atoms with Crippen molar-refractivity contribution in [1.82, 2.24) is 5.32 Å². The van der Waals surface area contributed by atoms with Crippen LogP contribution in [0.3, 0.4) is 0 Å². The van der Waals surface area contributed by atoms with Gasteiger partial charge in [0, 0.05) is 17.6 Å². The highest BCUT2D eigenvalue weighted by Crippen LogP contribution is 2.23. The molecule has 1 aromatic rings. The highest BCUT2D eigenvalue weighted by molar-refractivity contribution is 5.96. The Morgan fingerprint density at radius 3 is 2.53 bits per heavy atom. The van der Waals surface area contributed by atoms with E-state index in [4.69, 9.17) is 5.73 Å². The van der Waals surface area contributed by atoms with Gasteiger partial charge in [0.05, 0.1) is 11.4 Å². The van der Waals surface area contributed by atoms with Gasteiger partial charge in [0.2, 0.25) is 0 Å². The van der Waals surface area contributed by atoms with Crippen molar-refractivity contribution in [3.63, 3.8) is 0 Å². The van der Waals surface area contributed by atoms with E-state index < -0.39 is 0 Å². The predicted octanol–water partition coefficient (Wildman–Crippen LogP) is 2.23. The second-order valence-electron chi connectivity index (χ2n) is 5.04. The summed E-state index contributed by atoms with van der Waals surface area (Å²) in [6.07, 6.45) is 0. The quantitative estimate of drug-likeness (QED) is 0.704. The van der Waals surface area contributed by atoms with Crippen molar-refractivity contribution in [2.45, 2.75) is 33.2 Å². The molecule has 0 heterocycles. The van der Waals surface area contributed by atoms with Crippen molar-refractivity contribution < 1.29 is 4.79 Å². The zero-order chi connectivity index (χ0) is 13.1. The van der Waals surface area contributed by atoms with Gasteiger partial charge in [0.1, 0.15) is 0 Å². The summed E-state index contributed by atoms with van der Waals surface area (Å²) in [6.45, 7) is 8.65. The van der Waals surface area contributed by atoms with Crippen LogP contribution in [0, 0.1) is 0 Å². The molecule has 0 atom stereocenters. The minimum Gasteiger partial charge on any atom is -0.397 e. The predicted molar refractivity (Wildman–Crippen MR) is 72.2 cm³/mol. The number of amides is 1. The van der Waals surface area contributed by atoms with Gasteiger partial charge in [-0.3, -0.25) is 4.79 Å². The summed E-state index contributed by atoms with van der Waals surface area (Å²) in [7, 11) is 0. The van der Waals surface area contributed by atoms with E-state index in [0.29, 0.717) is 17.8 Å². The summed E-state index contributed by atoms with van der Waals surface area (Å²) in [5.41, 5.74) is 7.84. The number of carbonyl (C=O) groups is 1. The fourth-order valence-corrected chi connectivity index (χ4v) is 1.47. The number of rotatable bonds is 3. The van der Waals surface area contributed by atoms with E-state index in [2.05, 4.69) is 10.6 Å². The lowest BCUT2D eigenvalue weighted by molar-refractivity contribution is 0.0956. The van der Waals surface area contributed by atoms with Gasteiger partial charge in [-0.2, -0.15) is 0 Å². The molecule has 0 aliphatic heterocycles. The lowest BCUT2D eigenvalue weighted by Gasteiger charge is -2.23. The van der Waals surface area contributed by atoms with E-state index >= 15 is 0 Å². The molecule has 0 aromatic heterocycles. The molecule has 0 saturated carbocycles. The van der Waals surface area contributed by atoms with Gasteiger partial charge in [-0.25, -0.2) is 0 Å². The summed E-state index contributed by atoms with van der Waals surface area (Å²) in [4.78, 5) is 11.7. The lowest BCUT2D eigenvalue weighted by Crippen LogP contribution is -2.27. The molecule has 0 radical (unpaired) electrons. The number of hydrogen-bond acceptors (Lipinski definition) is 3. The van der Waals surface area contributed by atoms with Crippen LogP contribution in [-0.2, 0) is 0 Å². The van der Waals surface area contributed by atoms with Crippen molar-refractivity contribution in [3.05, 3.63) is 23.8 Å². The first-order valence-corrected chi connectivity index (χ1v) is 5.79. The number of hydrogen-bond donors (Lipinski definition) is 3. The van der Waals surface area contributed by atoms with Crippen molar-refractivity contribution >= 4 is 17.3 Å². The Hall–Kier alpha value is -1.71.